The number of nitrogens with zero attached hydrogens (tertiary/aromatic N) is 2. The Morgan fingerprint density at radius 2 is 2.15 bits per heavy atom. The second kappa shape index (κ2) is 4.11. The fourth-order valence-electron chi connectivity index (χ4n) is 1.44. The van der Waals surface area contributed by atoms with Crippen molar-refractivity contribution < 1.29 is 0 Å². The third-order valence-electron chi connectivity index (χ3n) is 2.33. The molecule has 74 valence electrons. The summed E-state index contributed by atoms with van der Waals surface area (Å²) in [5.41, 5.74) is 7.53. The summed E-state index contributed by atoms with van der Waals surface area (Å²) in [6.45, 7) is 6.59. The number of aryl methyl sites for hydroxylation is 1. The lowest BCUT2D eigenvalue weighted by Gasteiger charge is -2.14. The molecule has 0 aliphatic carbocycles. The minimum Gasteiger partial charge on any atom is -0.328 e. The smallest absolute Gasteiger partial charge is 0.0844 e. The lowest BCUT2D eigenvalue weighted by molar-refractivity contribution is 0.439. The molecule has 0 spiro atoms. The van der Waals surface area contributed by atoms with Gasteiger partial charge in [0.05, 0.1) is 22.5 Å². The van der Waals surface area contributed by atoms with Crippen LogP contribution in [0.4, 0.5) is 0 Å². The number of halogens is 1. The van der Waals surface area contributed by atoms with Crippen LogP contribution in [0.5, 0.6) is 0 Å². The van der Waals surface area contributed by atoms with Crippen molar-refractivity contribution in [3.8, 4) is 0 Å². The van der Waals surface area contributed by atoms with Crippen molar-refractivity contribution in [2.75, 3.05) is 6.54 Å². The molecule has 0 saturated carbocycles. The van der Waals surface area contributed by atoms with Crippen molar-refractivity contribution in [1.82, 2.24) is 9.78 Å². The molecular formula is C9H16ClN3. The van der Waals surface area contributed by atoms with Crippen LogP contribution in [0.25, 0.3) is 0 Å². The van der Waals surface area contributed by atoms with Gasteiger partial charge >= 0.3 is 0 Å². The average molecular weight is 202 g/mol. The van der Waals surface area contributed by atoms with Crippen LogP contribution < -0.4 is 5.73 Å². The topological polar surface area (TPSA) is 43.8 Å². The van der Waals surface area contributed by atoms with Crippen LogP contribution in [-0.2, 0) is 0 Å². The highest BCUT2D eigenvalue weighted by Crippen LogP contribution is 2.22. The van der Waals surface area contributed by atoms with Gasteiger partial charge in [-0.05, 0) is 20.3 Å². The van der Waals surface area contributed by atoms with Crippen LogP contribution in [0, 0.1) is 13.8 Å². The largest absolute Gasteiger partial charge is 0.328 e. The van der Waals surface area contributed by atoms with Crippen LogP contribution in [-0.4, -0.2) is 16.3 Å². The molecular weight excluding hydrogens is 186 g/mol. The number of aromatic nitrogens is 2. The van der Waals surface area contributed by atoms with Gasteiger partial charge in [-0.25, -0.2) is 0 Å². The molecule has 0 radical (unpaired) electrons. The summed E-state index contributed by atoms with van der Waals surface area (Å²) < 4.78 is 1.93. The van der Waals surface area contributed by atoms with Crippen molar-refractivity contribution in [2.45, 2.75) is 33.2 Å². The quantitative estimate of drug-likeness (QED) is 0.814. The molecule has 2 N–H and O–H groups in total. The molecule has 0 amide bonds. The van der Waals surface area contributed by atoms with Gasteiger partial charge in [0.25, 0.3) is 0 Å². The van der Waals surface area contributed by atoms with Crippen molar-refractivity contribution in [2.24, 2.45) is 5.73 Å². The highest BCUT2D eigenvalue weighted by atomic mass is 35.5. The van der Waals surface area contributed by atoms with E-state index in [0.29, 0.717) is 6.54 Å². The Hall–Kier alpha value is -0.540. The van der Waals surface area contributed by atoms with Crippen molar-refractivity contribution >= 4 is 11.6 Å². The normalized spacial score (nSPS) is 13.3. The Morgan fingerprint density at radius 1 is 1.54 bits per heavy atom. The number of hydrogen-bond acceptors (Lipinski definition) is 2. The SMILES string of the molecule is CC[C@@H](CN)n1nc(C)c(Cl)c1C. The molecule has 0 saturated heterocycles. The Balaban J connectivity index is 3.06. The molecule has 0 bridgehead atoms. The molecule has 0 fully saturated rings. The maximum Gasteiger partial charge on any atom is 0.0844 e. The number of rotatable bonds is 3. The molecule has 1 aromatic rings. The molecule has 0 aliphatic rings. The van der Waals surface area contributed by atoms with E-state index in [1.807, 2.05) is 18.5 Å². The summed E-state index contributed by atoms with van der Waals surface area (Å²) in [4.78, 5) is 0. The van der Waals surface area contributed by atoms with E-state index in [4.69, 9.17) is 17.3 Å². The van der Waals surface area contributed by atoms with Crippen LogP contribution >= 0.6 is 11.6 Å². The Labute approximate surface area is 83.9 Å². The third kappa shape index (κ3) is 1.86. The molecule has 1 rings (SSSR count). The predicted molar refractivity (Wildman–Crippen MR) is 55.1 cm³/mol. The predicted octanol–water partition coefficient (Wildman–Crippen LogP) is 2.06. The lowest BCUT2D eigenvalue weighted by Crippen LogP contribution is -2.20. The molecule has 0 aromatic carbocycles. The van der Waals surface area contributed by atoms with E-state index in [-0.39, 0.29) is 6.04 Å². The first kappa shape index (κ1) is 10.5. The molecule has 4 heteroatoms. The third-order valence-corrected chi connectivity index (χ3v) is 2.87. The standard InChI is InChI=1S/C9H16ClN3/c1-4-8(5-11)13-7(3)9(10)6(2)12-13/h8H,4-5,11H2,1-3H3/t8-/m0/s1. The molecule has 13 heavy (non-hydrogen) atoms. The second-order valence-corrected chi connectivity index (χ2v) is 3.61. The second-order valence-electron chi connectivity index (χ2n) is 3.23. The van der Waals surface area contributed by atoms with Crippen LogP contribution in [0.1, 0.15) is 30.8 Å². The molecule has 1 atom stereocenters. The Kier molecular flexibility index (Phi) is 3.33. The monoisotopic (exact) mass is 201 g/mol. The number of hydrogen-bond donors (Lipinski definition) is 1. The minimum absolute atomic E-state index is 0.270. The van der Waals surface area contributed by atoms with E-state index in [1.165, 1.54) is 0 Å². The zero-order valence-corrected chi connectivity index (χ0v) is 9.10. The first-order valence-corrected chi connectivity index (χ1v) is 4.90. The van der Waals surface area contributed by atoms with Gasteiger partial charge in [0.15, 0.2) is 0 Å². The molecule has 0 aliphatic heterocycles. The van der Waals surface area contributed by atoms with Crippen molar-refractivity contribution in [3.05, 3.63) is 16.4 Å². The summed E-state index contributed by atoms with van der Waals surface area (Å²) in [7, 11) is 0. The molecule has 3 nitrogen and oxygen atoms in total. The van der Waals surface area contributed by atoms with Crippen LogP contribution in [0.15, 0.2) is 0 Å². The van der Waals surface area contributed by atoms with E-state index >= 15 is 0 Å². The number of nitrogens with two attached hydrogens (primary N) is 1. The zero-order chi connectivity index (χ0) is 10.0. The van der Waals surface area contributed by atoms with Crippen LogP contribution in [0.2, 0.25) is 5.02 Å². The summed E-state index contributed by atoms with van der Waals surface area (Å²) in [5, 5.41) is 5.11. The van der Waals surface area contributed by atoms with Crippen LogP contribution in [0.3, 0.4) is 0 Å². The Morgan fingerprint density at radius 3 is 2.46 bits per heavy atom. The van der Waals surface area contributed by atoms with Gasteiger partial charge < -0.3 is 5.73 Å². The fourth-order valence-corrected chi connectivity index (χ4v) is 1.56. The highest BCUT2D eigenvalue weighted by Gasteiger charge is 2.14. The first-order chi connectivity index (χ1) is 6.11. The van der Waals surface area contributed by atoms with Gasteiger partial charge in [-0.15, -0.1) is 0 Å². The van der Waals surface area contributed by atoms with Crippen molar-refractivity contribution in [3.63, 3.8) is 0 Å². The first-order valence-electron chi connectivity index (χ1n) is 4.53. The Bertz CT molecular complexity index is 289. The summed E-state index contributed by atoms with van der Waals surface area (Å²) in [5.74, 6) is 0. The van der Waals surface area contributed by atoms with Gasteiger partial charge in [-0.3, -0.25) is 4.68 Å². The summed E-state index contributed by atoms with van der Waals surface area (Å²) >= 11 is 6.03. The van der Waals surface area contributed by atoms with E-state index in [2.05, 4.69) is 12.0 Å². The average Bonchev–Trinajstić information content (AvgIpc) is 2.36. The van der Waals surface area contributed by atoms with Gasteiger partial charge in [-0.2, -0.15) is 5.10 Å². The highest BCUT2D eigenvalue weighted by molar-refractivity contribution is 6.31. The van der Waals surface area contributed by atoms with E-state index < -0.39 is 0 Å². The van der Waals surface area contributed by atoms with E-state index in [9.17, 15) is 0 Å². The van der Waals surface area contributed by atoms with E-state index in [0.717, 1.165) is 22.8 Å². The fraction of sp³-hybridized carbons (Fsp3) is 0.667. The molecule has 1 aromatic heterocycles. The maximum absolute atomic E-state index is 6.03. The van der Waals surface area contributed by atoms with Gasteiger partial charge in [-0.1, -0.05) is 18.5 Å². The van der Waals surface area contributed by atoms with Crippen molar-refractivity contribution in [1.29, 1.82) is 0 Å². The lowest BCUT2D eigenvalue weighted by atomic mass is 10.2. The summed E-state index contributed by atoms with van der Waals surface area (Å²) in [6.07, 6.45) is 0.981. The maximum atomic E-state index is 6.03. The molecule has 1 heterocycles. The summed E-state index contributed by atoms with van der Waals surface area (Å²) in [6, 6.07) is 0.270. The minimum atomic E-state index is 0.270. The van der Waals surface area contributed by atoms with Gasteiger partial charge in [0.1, 0.15) is 0 Å². The van der Waals surface area contributed by atoms with Gasteiger partial charge in [0, 0.05) is 6.54 Å². The van der Waals surface area contributed by atoms with E-state index in [1.54, 1.807) is 0 Å². The molecule has 0 unspecified atom stereocenters. The zero-order valence-electron chi connectivity index (χ0n) is 8.34. The van der Waals surface area contributed by atoms with Gasteiger partial charge in [0.2, 0.25) is 0 Å².